The maximum atomic E-state index is 5.36. The summed E-state index contributed by atoms with van der Waals surface area (Å²) in [4.78, 5) is 15.9. The number of benzene rings is 16. The fourth-order valence-electron chi connectivity index (χ4n) is 16.7. The van der Waals surface area contributed by atoms with Gasteiger partial charge in [-0.3, -0.25) is 9.13 Å². The summed E-state index contributed by atoms with van der Waals surface area (Å²) in [6, 6.07) is 149. The molecule has 0 radical (unpaired) electrons. The molecule has 0 aliphatic carbocycles. The van der Waals surface area contributed by atoms with E-state index in [1.54, 1.807) is 0 Å². The standard InChI is InChI=1S/C53H35N3.C52H34N4/c1-4-14-36(15-5-1)38-24-28-43(29-25-38)55-49-22-12-11-21-45(49)47-32-40(27-31-51(47)55)41-26-30-46-44-20-10-13-23-50(44)56(52(46)34-41)53-35-42(37-16-6-2-7-17-37)33-48(54-53)39-18-8-3-9-19-39;1-4-14-35(15-5-1)36-24-28-41(29-25-36)55-48-22-12-11-21-43(48)45-32-39(27-31-50(45)55)40-26-30-44-42-20-10-13-23-49(42)56(51(44)33-40)52-53-46(37-16-6-2-7-17-37)34-47(54-52)38-18-8-3-9-19-38/h1-35H;1-34H. The van der Waals surface area contributed by atoms with Crippen LogP contribution >= 0.6 is 0 Å². The van der Waals surface area contributed by atoms with Crippen LogP contribution in [0.15, 0.2) is 419 Å². The van der Waals surface area contributed by atoms with Crippen LogP contribution in [0, 0.1) is 0 Å². The van der Waals surface area contributed by atoms with Crippen LogP contribution in [-0.2, 0) is 0 Å². The monoisotopic (exact) mass is 1430 g/mol. The number of para-hydroxylation sites is 4. The van der Waals surface area contributed by atoms with Crippen molar-refractivity contribution in [1.82, 2.24) is 33.2 Å². The van der Waals surface area contributed by atoms with Crippen LogP contribution in [0.3, 0.4) is 0 Å². The molecule has 0 bridgehead atoms. The summed E-state index contributed by atoms with van der Waals surface area (Å²) in [6.07, 6.45) is 0. The van der Waals surface area contributed by atoms with Crippen LogP contribution < -0.4 is 0 Å². The molecule has 0 N–H and O–H groups in total. The molecule has 7 nitrogen and oxygen atoms in total. The summed E-state index contributed by atoms with van der Waals surface area (Å²) in [5.74, 6) is 1.54. The van der Waals surface area contributed by atoms with Gasteiger partial charge >= 0.3 is 0 Å². The van der Waals surface area contributed by atoms with Crippen molar-refractivity contribution in [2.45, 2.75) is 0 Å². The summed E-state index contributed by atoms with van der Waals surface area (Å²) in [6.45, 7) is 0. The van der Waals surface area contributed by atoms with E-state index in [-0.39, 0.29) is 0 Å². The van der Waals surface area contributed by atoms with Crippen molar-refractivity contribution < 1.29 is 0 Å². The Morgan fingerprint density at radius 2 is 0.420 bits per heavy atom. The zero-order valence-electron chi connectivity index (χ0n) is 61.0. The van der Waals surface area contributed by atoms with Crippen molar-refractivity contribution in [1.29, 1.82) is 0 Å². The first-order valence-corrected chi connectivity index (χ1v) is 38.1. The van der Waals surface area contributed by atoms with Gasteiger partial charge in [0.2, 0.25) is 5.95 Å². The first-order valence-electron chi connectivity index (χ1n) is 38.1. The van der Waals surface area contributed by atoms with Crippen molar-refractivity contribution >= 4 is 87.2 Å². The second-order valence-electron chi connectivity index (χ2n) is 28.7. The molecule has 0 saturated heterocycles. The molecule has 22 aromatic rings. The molecule has 112 heavy (non-hydrogen) atoms. The Morgan fingerprint density at radius 3 is 0.830 bits per heavy atom. The Bertz CT molecular complexity index is 6750. The number of hydrogen-bond acceptors (Lipinski definition) is 3. The van der Waals surface area contributed by atoms with Crippen LogP contribution in [0.1, 0.15) is 0 Å². The van der Waals surface area contributed by atoms with E-state index in [1.807, 2.05) is 12.1 Å². The molecule has 16 aromatic carbocycles. The first-order chi connectivity index (χ1) is 55.5. The zero-order chi connectivity index (χ0) is 74.0. The van der Waals surface area contributed by atoms with Gasteiger partial charge in [-0.1, -0.05) is 315 Å². The summed E-state index contributed by atoms with van der Waals surface area (Å²) >= 11 is 0. The van der Waals surface area contributed by atoms with E-state index in [4.69, 9.17) is 15.0 Å². The van der Waals surface area contributed by atoms with E-state index in [0.29, 0.717) is 5.95 Å². The largest absolute Gasteiger partial charge is 0.309 e. The highest BCUT2D eigenvalue weighted by Gasteiger charge is 2.23. The van der Waals surface area contributed by atoms with E-state index in [2.05, 4.69) is 425 Å². The van der Waals surface area contributed by atoms with Gasteiger partial charge in [-0.05, 0) is 159 Å². The van der Waals surface area contributed by atoms with Crippen LogP contribution in [0.2, 0.25) is 0 Å². The minimum atomic E-state index is 0.644. The summed E-state index contributed by atoms with van der Waals surface area (Å²) in [7, 11) is 0. The lowest BCUT2D eigenvalue weighted by Crippen LogP contribution is -2.04. The van der Waals surface area contributed by atoms with Gasteiger partial charge in [0.05, 0.1) is 61.2 Å². The highest BCUT2D eigenvalue weighted by Crippen LogP contribution is 2.43. The minimum Gasteiger partial charge on any atom is -0.309 e. The number of aromatic nitrogens is 7. The fraction of sp³-hybridized carbons (Fsp3) is 0. The van der Waals surface area contributed by atoms with Crippen molar-refractivity contribution in [3.05, 3.63) is 419 Å². The number of pyridine rings is 1. The second-order valence-corrected chi connectivity index (χ2v) is 28.7. The Kier molecular flexibility index (Phi) is 16.1. The molecular weight excluding hydrogens is 1360 g/mol. The van der Waals surface area contributed by atoms with Gasteiger partial charge < -0.3 is 9.13 Å². The molecule has 0 aliphatic rings. The smallest absolute Gasteiger partial charge is 0.235 e. The van der Waals surface area contributed by atoms with Gasteiger partial charge in [0.15, 0.2) is 0 Å². The Balaban J connectivity index is 0.000000141. The van der Waals surface area contributed by atoms with Crippen LogP contribution in [-0.4, -0.2) is 33.2 Å². The topological polar surface area (TPSA) is 58.4 Å². The molecule has 6 aromatic heterocycles. The predicted molar refractivity (Wildman–Crippen MR) is 467 cm³/mol. The quantitative estimate of drug-likeness (QED) is 0.122. The van der Waals surface area contributed by atoms with Crippen LogP contribution in [0.25, 0.3) is 200 Å². The van der Waals surface area contributed by atoms with Gasteiger partial charge in [0.1, 0.15) is 5.82 Å². The zero-order valence-corrected chi connectivity index (χ0v) is 61.0. The molecule has 0 spiro atoms. The number of nitrogens with zero attached hydrogens (tertiary/aromatic N) is 7. The molecule has 0 fully saturated rings. The van der Waals surface area contributed by atoms with E-state index < -0.39 is 0 Å². The third-order valence-corrected chi connectivity index (χ3v) is 22.1. The van der Waals surface area contributed by atoms with Crippen molar-refractivity contribution in [3.8, 4) is 113 Å². The second kappa shape index (κ2) is 27.6. The molecular formula is C105H69N7. The van der Waals surface area contributed by atoms with Gasteiger partial charge in [0, 0.05) is 71.2 Å². The number of rotatable bonds is 12. The molecule has 7 heteroatoms. The third-order valence-electron chi connectivity index (χ3n) is 22.1. The van der Waals surface area contributed by atoms with Crippen LogP contribution in [0.5, 0.6) is 0 Å². The molecule has 0 aliphatic heterocycles. The Morgan fingerprint density at radius 1 is 0.143 bits per heavy atom. The molecule has 22 rings (SSSR count). The number of hydrogen-bond donors (Lipinski definition) is 0. The minimum absolute atomic E-state index is 0.644. The third kappa shape index (κ3) is 11.6. The Labute approximate surface area is 647 Å². The molecule has 6 heterocycles. The summed E-state index contributed by atoms with van der Waals surface area (Å²) < 4.78 is 9.35. The predicted octanol–water partition coefficient (Wildman–Crippen LogP) is 27.3. The lowest BCUT2D eigenvalue weighted by Gasteiger charge is -2.13. The van der Waals surface area contributed by atoms with E-state index in [9.17, 15) is 0 Å². The normalized spacial score (nSPS) is 11.6. The fourth-order valence-corrected chi connectivity index (χ4v) is 16.7. The molecule has 0 saturated carbocycles. The van der Waals surface area contributed by atoms with Gasteiger partial charge in [-0.2, -0.15) is 0 Å². The van der Waals surface area contributed by atoms with Crippen LogP contribution in [0.4, 0.5) is 0 Å². The van der Waals surface area contributed by atoms with Crippen molar-refractivity contribution in [2.24, 2.45) is 0 Å². The highest BCUT2D eigenvalue weighted by molar-refractivity contribution is 6.15. The van der Waals surface area contributed by atoms with Crippen molar-refractivity contribution in [3.63, 3.8) is 0 Å². The lowest BCUT2D eigenvalue weighted by atomic mass is 10.0. The maximum Gasteiger partial charge on any atom is 0.235 e. The van der Waals surface area contributed by atoms with E-state index in [0.717, 1.165) is 106 Å². The molecule has 524 valence electrons. The molecule has 0 unspecified atom stereocenters. The van der Waals surface area contributed by atoms with E-state index in [1.165, 1.54) is 87.6 Å². The molecule has 0 amide bonds. The van der Waals surface area contributed by atoms with Gasteiger partial charge in [-0.25, -0.2) is 15.0 Å². The average molecular weight is 1430 g/mol. The maximum absolute atomic E-state index is 5.36. The SMILES string of the molecule is c1ccc(-c2ccc(-n3c4ccccc4c4cc(-c5ccc6c7ccccc7n(-c7cc(-c8ccccc8)cc(-c8ccccc8)n7)c6c5)ccc43)cc2)cc1.c1ccc(-c2ccc(-n3c4ccccc4c4cc(-c5ccc6c7ccccc7n(-c7nc(-c8ccccc8)cc(-c8ccccc8)n7)c6c5)ccc43)cc2)cc1. The lowest BCUT2D eigenvalue weighted by molar-refractivity contribution is 0.996. The van der Waals surface area contributed by atoms with Gasteiger partial charge in [0.25, 0.3) is 0 Å². The summed E-state index contributed by atoms with van der Waals surface area (Å²) in [5.41, 5.74) is 29.1. The first kappa shape index (κ1) is 65.3. The molecule has 0 atom stereocenters. The summed E-state index contributed by atoms with van der Waals surface area (Å²) in [5, 5.41) is 9.66. The highest BCUT2D eigenvalue weighted by atomic mass is 15.2. The number of fused-ring (bicyclic) bond motifs is 12. The van der Waals surface area contributed by atoms with E-state index >= 15 is 0 Å². The average Bonchev–Trinajstić information content (AvgIpc) is 1.60. The van der Waals surface area contributed by atoms with Crippen molar-refractivity contribution in [2.75, 3.05) is 0 Å². The van der Waals surface area contributed by atoms with Gasteiger partial charge in [-0.15, -0.1) is 0 Å². The Hall–Kier alpha value is -15.1.